The van der Waals surface area contributed by atoms with Crippen molar-refractivity contribution in [2.45, 2.75) is 147 Å². The molecule has 0 bridgehead atoms. The largest absolute Gasteiger partial charge is 0.488 e. The number of methoxy groups -OCH3 is 2. The first-order chi connectivity index (χ1) is 32.8. The van der Waals surface area contributed by atoms with Crippen molar-refractivity contribution in [2.24, 2.45) is 17.8 Å². The number of nitrogens with one attached hydrogen (secondary N) is 4. The number of nitrogens with zero attached hydrogens (tertiary/aromatic N) is 4. The fraction of sp³-hybridized carbons (Fsp3) is 0.538. The SMILES string of the molecule is CCC(C)C(NC(=O)OC)C(=O)N1[C@H](c2ncc(-c3ccc4c(c3)COc3cc5c(ccc6[nH]c([C@@H]7CC[C@H](C)N7C(=O)C(NC(=O)OC)C7C[C@@H](C)O[C@H](C)C7)nc65)cc3-4)[nH]2)C[C@@H]2CCC[C@@H]21. The van der Waals surface area contributed by atoms with Crippen molar-refractivity contribution < 1.29 is 38.1 Å². The van der Waals surface area contributed by atoms with Crippen LogP contribution in [-0.2, 0) is 30.4 Å². The second-order valence-electron chi connectivity index (χ2n) is 20.0. The van der Waals surface area contributed by atoms with E-state index in [0.29, 0.717) is 25.4 Å². The lowest BCUT2D eigenvalue weighted by Gasteiger charge is -2.39. The normalized spacial score (nSPS) is 26.6. The average molecular weight is 929 g/mol. The number of benzene rings is 3. The van der Waals surface area contributed by atoms with Gasteiger partial charge < -0.3 is 49.3 Å². The van der Waals surface area contributed by atoms with E-state index in [-0.39, 0.29) is 60.0 Å². The van der Waals surface area contributed by atoms with Crippen LogP contribution in [0.15, 0.2) is 48.7 Å². The zero-order chi connectivity index (χ0) is 47.5. The molecule has 4 fully saturated rings. The Morgan fingerprint density at radius 1 is 0.838 bits per heavy atom. The van der Waals surface area contributed by atoms with Gasteiger partial charge in [0.15, 0.2) is 0 Å². The maximum atomic E-state index is 14.6. The van der Waals surface area contributed by atoms with Gasteiger partial charge in [-0.25, -0.2) is 19.6 Å². The fourth-order valence-electron chi connectivity index (χ4n) is 12.2. The Bertz CT molecular complexity index is 2740. The van der Waals surface area contributed by atoms with E-state index in [4.69, 9.17) is 28.9 Å². The monoisotopic (exact) mass is 928 g/mol. The van der Waals surface area contributed by atoms with Gasteiger partial charge in [-0.3, -0.25) is 9.59 Å². The number of carbonyl (C=O) groups excluding carboxylic acids is 4. The van der Waals surface area contributed by atoms with Crippen molar-refractivity contribution in [1.29, 1.82) is 0 Å². The molecule has 5 aliphatic rings. The number of likely N-dealkylation sites (tertiary alicyclic amines) is 2. The van der Waals surface area contributed by atoms with Gasteiger partial charge in [-0.2, -0.15) is 0 Å². The van der Waals surface area contributed by atoms with Crippen LogP contribution >= 0.6 is 0 Å². The molecule has 10 rings (SSSR count). The number of amides is 4. The predicted molar refractivity (Wildman–Crippen MR) is 255 cm³/mol. The summed E-state index contributed by atoms with van der Waals surface area (Å²) in [5.41, 5.74) is 6.65. The summed E-state index contributed by atoms with van der Waals surface area (Å²) in [5.74, 6) is 2.25. The van der Waals surface area contributed by atoms with Gasteiger partial charge in [-0.15, -0.1) is 0 Å². The molecule has 2 aromatic heterocycles. The summed E-state index contributed by atoms with van der Waals surface area (Å²) in [6, 6.07) is 12.9. The zero-order valence-corrected chi connectivity index (χ0v) is 40.1. The molecule has 0 spiro atoms. The predicted octanol–water partition coefficient (Wildman–Crippen LogP) is 8.86. The molecule has 3 unspecified atom stereocenters. The minimum Gasteiger partial charge on any atom is -0.488 e. The highest BCUT2D eigenvalue weighted by Crippen LogP contribution is 2.49. The summed E-state index contributed by atoms with van der Waals surface area (Å²) < 4.78 is 22.4. The summed E-state index contributed by atoms with van der Waals surface area (Å²) in [6.45, 7) is 10.5. The van der Waals surface area contributed by atoms with Gasteiger partial charge in [-0.1, -0.05) is 44.9 Å². The topological polar surface area (TPSA) is 193 Å². The van der Waals surface area contributed by atoms with Crippen LogP contribution in [0.5, 0.6) is 5.75 Å². The highest BCUT2D eigenvalue weighted by atomic mass is 16.5. The van der Waals surface area contributed by atoms with Crippen LogP contribution in [0, 0.1) is 17.8 Å². The van der Waals surface area contributed by atoms with Crippen LogP contribution < -0.4 is 15.4 Å². The summed E-state index contributed by atoms with van der Waals surface area (Å²) in [4.78, 5) is 75.2. The Morgan fingerprint density at radius 3 is 2.38 bits per heavy atom. The second kappa shape index (κ2) is 18.4. The number of aromatic amines is 2. The average Bonchev–Trinajstić information content (AvgIpc) is 4.19. The summed E-state index contributed by atoms with van der Waals surface area (Å²) >= 11 is 0. The van der Waals surface area contributed by atoms with Gasteiger partial charge in [0.25, 0.3) is 0 Å². The number of alkyl carbamates (subject to hydrolysis) is 2. The van der Waals surface area contributed by atoms with Crippen molar-refractivity contribution in [3.05, 3.63) is 65.9 Å². The number of rotatable bonds is 10. The van der Waals surface area contributed by atoms with Gasteiger partial charge in [0.05, 0.1) is 61.4 Å². The lowest BCUT2D eigenvalue weighted by molar-refractivity contribution is -0.140. The van der Waals surface area contributed by atoms with Gasteiger partial charge >= 0.3 is 12.2 Å². The lowest BCUT2D eigenvalue weighted by Crippen LogP contribution is -2.55. The molecule has 3 saturated heterocycles. The second-order valence-corrected chi connectivity index (χ2v) is 20.0. The minimum absolute atomic E-state index is 0.0340. The Balaban J connectivity index is 0.905. The third-order valence-corrected chi connectivity index (χ3v) is 15.8. The number of ether oxygens (including phenoxy) is 4. The van der Waals surface area contributed by atoms with Gasteiger partial charge in [0, 0.05) is 23.0 Å². The standard InChI is InChI=1S/C52H64N8O8/c1-8-26(2)44(57-51(63)65-6)49(61)60-40-11-9-10-32(40)22-42(60)47-53-24-39(55-47)31-13-15-35-34(20-31)25-67-43-23-36-30(21-37(35)43)14-16-38-46(36)56-48(54-38)41-17-12-27(3)59(41)50(62)45(58-52(64)66-7)33-18-28(4)68-29(5)19-33/h13-16,20-21,23-24,26-29,32-33,40-42,44-45H,8-12,17-19,22,25H2,1-7H3,(H,53,55)(H,54,56)(H,57,63)(H,58,64)/t26?,27-,28+,29+,32-,40-,41-,42-,44?,45?/m0/s1. The lowest BCUT2D eigenvalue weighted by atomic mass is 9.85. The van der Waals surface area contributed by atoms with Crippen LogP contribution in [-0.4, -0.2) is 104 Å². The molecule has 10 atom stereocenters. The third kappa shape index (κ3) is 8.21. The first-order valence-corrected chi connectivity index (χ1v) is 24.6. The van der Waals surface area contributed by atoms with Gasteiger partial charge in [-0.05, 0) is 130 Å². The van der Waals surface area contributed by atoms with Crippen molar-refractivity contribution in [3.8, 4) is 28.1 Å². The Morgan fingerprint density at radius 2 is 1.62 bits per heavy atom. The molecule has 5 aromatic rings. The van der Waals surface area contributed by atoms with E-state index >= 15 is 0 Å². The van der Waals surface area contributed by atoms with E-state index in [9.17, 15) is 19.2 Å². The molecule has 1 saturated carbocycles. The molecule has 4 N–H and O–H groups in total. The van der Waals surface area contributed by atoms with Crippen LogP contribution in [0.4, 0.5) is 9.59 Å². The van der Waals surface area contributed by atoms with E-state index in [2.05, 4.69) is 63.9 Å². The highest BCUT2D eigenvalue weighted by molar-refractivity contribution is 6.07. The van der Waals surface area contributed by atoms with Crippen molar-refractivity contribution in [3.63, 3.8) is 0 Å². The Hall–Kier alpha value is -6.16. The molecular weight excluding hydrogens is 865 g/mol. The first-order valence-electron chi connectivity index (χ1n) is 24.6. The Kier molecular flexibility index (Phi) is 12.3. The maximum absolute atomic E-state index is 14.6. The van der Waals surface area contributed by atoms with E-state index in [1.165, 1.54) is 14.2 Å². The number of hydrogen-bond donors (Lipinski definition) is 4. The van der Waals surface area contributed by atoms with Crippen LogP contribution in [0.1, 0.15) is 122 Å². The van der Waals surface area contributed by atoms with Crippen LogP contribution in [0.25, 0.3) is 44.2 Å². The number of H-pyrrole nitrogens is 2. The minimum atomic E-state index is -0.754. The number of aromatic nitrogens is 4. The van der Waals surface area contributed by atoms with Crippen molar-refractivity contribution >= 4 is 45.8 Å². The third-order valence-electron chi connectivity index (χ3n) is 15.8. The molecule has 4 amide bonds. The van der Waals surface area contributed by atoms with Gasteiger partial charge in [0.2, 0.25) is 11.8 Å². The maximum Gasteiger partial charge on any atom is 0.407 e. The molecule has 6 heterocycles. The van der Waals surface area contributed by atoms with E-state index in [0.717, 1.165) is 112 Å². The number of carbonyl (C=O) groups is 4. The number of fused-ring (bicyclic) bond motifs is 7. The van der Waals surface area contributed by atoms with E-state index in [1.54, 1.807) is 0 Å². The Labute approximate surface area is 396 Å². The molecule has 16 nitrogen and oxygen atoms in total. The van der Waals surface area contributed by atoms with E-state index < -0.39 is 24.3 Å². The molecule has 3 aromatic carbocycles. The van der Waals surface area contributed by atoms with Crippen LogP contribution in [0.3, 0.4) is 0 Å². The molecule has 4 aliphatic heterocycles. The van der Waals surface area contributed by atoms with Crippen LogP contribution in [0.2, 0.25) is 0 Å². The molecule has 68 heavy (non-hydrogen) atoms. The van der Waals surface area contributed by atoms with Crippen molar-refractivity contribution in [2.75, 3.05) is 14.2 Å². The number of imidazole rings is 2. The van der Waals surface area contributed by atoms with Gasteiger partial charge in [0.1, 0.15) is 36.1 Å². The van der Waals surface area contributed by atoms with E-state index in [1.807, 2.05) is 49.8 Å². The summed E-state index contributed by atoms with van der Waals surface area (Å²) in [7, 11) is 2.64. The molecule has 0 radical (unpaired) electrons. The smallest absolute Gasteiger partial charge is 0.407 e. The fourth-order valence-corrected chi connectivity index (χ4v) is 12.2. The summed E-state index contributed by atoms with van der Waals surface area (Å²) in [6.07, 6.45) is 8.07. The molecule has 16 heteroatoms. The highest BCUT2D eigenvalue weighted by Gasteiger charge is 2.50. The molecular formula is C52H64N8O8. The zero-order valence-electron chi connectivity index (χ0n) is 40.1. The first kappa shape index (κ1) is 45.6. The number of hydrogen-bond acceptors (Lipinski definition) is 10. The quantitative estimate of drug-likeness (QED) is 0.105. The summed E-state index contributed by atoms with van der Waals surface area (Å²) in [5, 5.41) is 7.71. The molecule has 360 valence electrons. The van der Waals surface area contributed by atoms with Crippen molar-refractivity contribution in [1.82, 2.24) is 40.4 Å². The molecule has 1 aliphatic carbocycles.